The zero-order valence-corrected chi connectivity index (χ0v) is 32.3. The van der Waals surface area contributed by atoms with E-state index in [1.54, 1.807) is 0 Å². The van der Waals surface area contributed by atoms with Crippen molar-refractivity contribution in [2.24, 2.45) is 9.98 Å². The highest BCUT2D eigenvalue weighted by Crippen LogP contribution is 2.42. The first-order chi connectivity index (χ1) is 25.0. The van der Waals surface area contributed by atoms with Crippen molar-refractivity contribution in [1.82, 2.24) is 0 Å². The number of allylic oxidation sites excluding steroid dienone is 4. The number of benzene rings is 4. The van der Waals surface area contributed by atoms with Crippen molar-refractivity contribution in [1.29, 1.82) is 0 Å². The predicted octanol–water partition coefficient (Wildman–Crippen LogP) is 8.94. The fourth-order valence-corrected chi connectivity index (χ4v) is 8.14. The molecular weight excluding hydrogens is 681 g/mol. The van der Waals surface area contributed by atoms with E-state index >= 15 is 0 Å². The molecule has 4 aromatic carbocycles. The van der Waals surface area contributed by atoms with Gasteiger partial charge in [-0.2, -0.15) is 9.15 Å². The summed E-state index contributed by atoms with van der Waals surface area (Å²) in [6, 6.07) is 34.3. The second kappa shape index (κ2) is 14.4. The maximum Gasteiger partial charge on any atom is 0.209 e. The van der Waals surface area contributed by atoms with Crippen molar-refractivity contribution in [2.75, 3.05) is 14.1 Å². The Morgan fingerprint density at radius 2 is 0.906 bits per heavy atom. The molecule has 0 bridgehead atoms. The number of fused-ring (bicyclic) bond motifs is 4. The number of hydrogen-bond donors (Lipinski definition) is 0. The van der Waals surface area contributed by atoms with Crippen LogP contribution in [0.25, 0.3) is 0 Å². The van der Waals surface area contributed by atoms with Gasteiger partial charge in [0.15, 0.2) is 11.4 Å². The van der Waals surface area contributed by atoms with Gasteiger partial charge in [0.1, 0.15) is 14.1 Å². The second-order valence-corrected chi connectivity index (χ2v) is 15.7. The van der Waals surface area contributed by atoms with Gasteiger partial charge < -0.3 is 9.11 Å². The van der Waals surface area contributed by atoms with Crippen LogP contribution in [0.15, 0.2) is 131 Å². The third kappa shape index (κ3) is 7.42. The Kier molecular flexibility index (Phi) is 10.2. The lowest BCUT2D eigenvalue weighted by atomic mass is 9.81. The van der Waals surface area contributed by atoms with Gasteiger partial charge in [-0.3, -0.25) is 18.4 Å². The number of nitrogens with zero attached hydrogens (tertiary/aromatic N) is 4. The van der Waals surface area contributed by atoms with Crippen LogP contribution in [0.3, 0.4) is 0 Å². The number of rotatable bonds is 4. The summed E-state index contributed by atoms with van der Waals surface area (Å²) in [5.41, 5.74) is 15.3. The molecule has 4 aromatic rings. The molecule has 9 heteroatoms. The largest absolute Gasteiger partial charge is 0.759 e. The highest BCUT2D eigenvalue weighted by atomic mass is 32.3. The van der Waals surface area contributed by atoms with E-state index in [0.717, 1.165) is 11.4 Å². The Labute approximate surface area is 313 Å². The quantitative estimate of drug-likeness (QED) is 0.119. The van der Waals surface area contributed by atoms with E-state index in [9.17, 15) is 0 Å². The van der Waals surface area contributed by atoms with Crippen molar-refractivity contribution >= 4 is 56.0 Å². The Balaban J connectivity index is 0.000000161. The van der Waals surface area contributed by atoms with Crippen LogP contribution in [0.4, 0.5) is 22.7 Å². The van der Waals surface area contributed by atoms with Crippen LogP contribution < -0.4 is 0 Å². The molecule has 0 radical (unpaired) electrons. The highest BCUT2D eigenvalue weighted by Gasteiger charge is 2.44. The predicted molar refractivity (Wildman–Crippen MR) is 213 cm³/mol. The van der Waals surface area contributed by atoms with Gasteiger partial charge in [0.25, 0.3) is 0 Å². The third-order valence-corrected chi connectivity index (χ3v) is 10.8. The lowest BCUT2D eigenvalue weighted by Gasteiger charge is -2.15. The summed E-state index contributed by atoms with van der Waals surface area (Å²) in [7, 11) is -0.840. The minimum Gasteiger partial charge on any atom is -0.759 e. The van der Waals surface area contributed by atoms with Gasteiger partial charge in [0, 0.05) is 69.1 Å². The van der Waals surface area contributed by atoms with Gasteiger partial charge >= 0.3 is 0 Å². The fourth-order valence-electron chi connectivity index (χ4n) is 8.14. The molecule has 8 nitrogen and oxygen atoms in total. The first kappa shape index (κ1) is 37.7. The standard InChI is InChI=1S/2C22H23N2.H2O4S/c2*1-15-16(17-9-5-7-11-19(17)23-15)13-14-21-22(2,3)18-10-6-8-12-20(18)24(21)4;1-5(2,3)4/h2*5-14,16H,1-4H3;(H2,1,2,3,4)/q2*+1;/p-2/b2*14-13+;. The number of aliphatic imine (C=N–C) groups is 2. The molecule has 53 heavy (non-hydrogen) atoms. The molecule has 0 fully saturated rings. The summed E-state index contributed by atoms with van der Waals surface area (Å²) in [6.45, 7) is 13.5. The molecule has 0 spiro atoms. The highest BCUT2D eigenvalue weighted by molar-refractivity contribution is 7.79. The van der Waals surface area contributed by atoms with Gasteiger partial charge in [0.2, 0.25) is 11.4 Å². The van der Waals surface area contributed by atoms with Gasteiger partial charge in [-0.15, -0.1) is 0 Å². The average Bonchev–Trinajstić information content (AvgIpc) is 3.73. The van der Waals surface area contributed by atoms with Crippen LogP contribution in [0.2, 0.25) is 0 Å². The Morgan fingerprint density at radius 3 is 1.26 bits per heavy atom. The Bertz CT molecular complexity index is 2240. The topological polar surface area (TPSA) is 111 Å². The number of hydrogen-bond acceptors (Lipinski definition) is 6. The molecule has 0 saturated heterocycles. The fraction of sp³-hybridized carbons (Fsp3) is 0.273. The van der Waals surface area contributed by atoms with E-state index < -0.39 is 10.4 Å². The van der Waals surface area contributed by atoms with Crippen LogP contribution >= 0.6 is 0 Å². The first-order valence-corrected chi connectivity index (χ1v) is 19.1. The van der Waals surface area contributed by atoms with Crippen LogP contribution in [-0.2, 0) is 21.2 Å². The molecule has 0 saturated carbocycles. The first-order valence-electron chi connectivity index (χ1n) is 17.7. The molecule has 4 aliphatic rings. The van der Waals surface area contributed by atoms with Crippen LogP contribution in [0.1, 0.15) is 75.6 Å². The summed E-state index contributed by atoms with van der Waals surface area (Å²) < 4.78 is 38.7. The normalized spacial score (nSPS) is 20.3. The lowest BCUT2D eigenvalue weighted by molar-refractivity contribution is -0.401. The van der Waals surface area contributed by atoms with Gasteiger partial charge in [0.05, 0.1) is 22.2 Å². The van der Waals surface area contributed by atoms with E-state index in [0.29, 0.717) is 0 Å². The van der Waals surface area contributed by atoms with Crippen molar-refractivity contribution in [3.8, 4) is 0 Å². The summed E-state index contributed by atoms with van der Waals surface area (Å²) in [5.74, 6) is 0.559. The van der Waals surface area contributed by atoms with Crippen molar-refractivity contribution < 1.29 is 26.7 Å². The van der Waals surface area contributed by atoms with Crippen molar-refractivity contribution in [2.45, 2.75) is 64.2 Å². The molecule has 4 heterocycles. The van der Waals surface area contributed by atoms with Gasteiger partial charge in [-0.1, -0.05) is 84.9 Å². The Hall–Kier alpha value is -5.09. The molecule has 2 unspecified atom stereocenters. The molecular formula is C44H46N4O4S. The zero-order chi connectivity index (χ0) is 38.3. The lowest BCUT2D eigenvalue weighted by Crippen LogP contribution is -2.26. The minimum absolute atomic E-state index is 0.0189. The van der Waals surface area contributed by atoms with Crippen LogP contribution in [-0.4, -0.2) is 63.6 Å². The van der Waals surface area contributed by atoms with Crippen LogP contribution in [0.5, 0.6) is 0 Å². The van der Waals surface area contributed by atoms with E-state index in [2.05, 4.69) is 186 Å². The zero-order valence-electron chi connectivity index (χ0n) is 31.5. The molecule has 272 valence electrons. The molecule has 0 N–H and O–H groups in total. The minimum atomic E-state index is -5.17. The molecule has 0 amide bonds. The van der Waals surface area contributed by atoms with E-state index in [1.807, 2.05) is 0 Å². The summed E-state index contributed by atoms with van der Waals surface area (Å²) in [5, 5.41) is 0. The summed E-state index contributed by atoms with van der Waals surface area (Å²) >= 11 is 0. The molecule has 0 aliphatic carbocycles. The van der Waals surface area contributed by atoms with Crippen molar-refractivity contribution in [3.63, 3.8) is 0 Å². The molecule has 2 atom stereocenters. The molecule has 8 rings (SSSR count). The molecule has 0 aromatic heterocycles. The number of para-hydroxylation sites is 4. The van der Waals surface area contributed by atoms with E-state index in [-0.39, 0.29) is 22.7 Å². The summed E-state index contributed by atoms with van der Waals surface area (Å²) in [4.78, 5) is 9.43. The summed E-state index contributed by atoms with van der Waals surface area (Å²) in [6.07, 6.45) is 9.21. The average molecular weight is 727 g/mol. The second-order valence-electron chi connectivity index (χ2n) is 14.9. The smallest absolute Gasteiger partial charge is 0.209 e. The monoisotopic (exact) mass is 726 g/mol. The Morgan fingerprint density at radius 1 is 0.585 bits per heavy atom. The van der Waals surface area contributed by atoms with Crippen molar-refractivity contribution in [3.05, 3.63) is 144 Å². The van der Waals surface area contributed by atoms with E-state index in [1.165, 1.54) is 56.5 Å². The SMILES string of the molecule is CC1=Nc2ccccc2C1/C=C/C1=[N+](C)c2ccccc2C1(C)C.CC1=Nc2ccccc2C1/C=C/C1=[N+](C)c2ccccc2C1(C)C.O=S(=O)([O-])[O-]. The third-order valence-electron chi connectivity index (χ3n) is 10.8. The van der Waals surface area contributed by atoms with Crippen LogP contribution in [0, 0.1) is 0 Å². The van der Waals surface area contributed by atoms with Gasteiger partial charge in [-0.25, -0.2) is 0 Å². The van der Waals surface area contributed by atoms with E-state index in [4.69, 9.17) is 27.5 Å². The van der Waals surface area contributed by atoms with Gasteiger partial charge in [-0.05, 0) is 64.8 Å². The molecule has 4 aliphatic heterocycles. The maximum absolute atomic E-state index is 8.52. The maximum atomic E-state index is 8.52.